The van der Waals surface area contributed by atoms with Crippen molar-refractivity contribution in [3.63, 3.8) is 0 Å². The second kappa shape index (κ2) is 6.51. The van der Waals surface area contributed by atoms with Gasteiger partial charge >= 0.3 is 5.97 Å². The van der Waals surface area contributed by atoms with Crippen LogP contribution in [0.1, 0.15) is 17.3 Å². The van der Waals surface area contributed by atoms with E-state index in [0.29, 0.717) is 45.1 Å². The number of hydrogen-bond acceptors (Lipinski definition) is 5. The normalized spacial score (nSPS) is 11.2. The van der Waals surface area contributed by atoms with Gasteiger partial charge in [-0.3, -0.25) is 5.10 Å². The second-order valence-corrected chi connectivity index (χ2v) is 6.25. The number of anilines is 2. The highest BCUT2D eigenvalue weighted by molar-refractivity contribution is 6.43. The number of esters is 1. The minimum atomic E-state index is -0.378. The van der Waals surface area contributed by atoms with Crippen molar-refractivity contribution in [1.29, 1.82) is 0 Å². The van der Waals surface area contributed by atoms with Crippen LogP contribution in [0.2, 0.25) is 10.0 Å². The Morgan fingerprint density at radius 2 is 2.12 bits per heavy atom. The van der Waals surface area contributed by atoms with E-state index in [2.05, 4.69) is 20.4 Å². The number of H-pyrrole nitrogens is 1. The number of ether oxygens (including phenoxy) is 1. The number of aromatic amines is 1. The van der Waals surface area contributed by atoms with Gasteiger partial charge < -0.3 is 10.1 Å². The molecule has 0 saturated heterocycles. The predicted octanol–water partition coefficient (Wildman–Crippen LogP) is 4.44. The maximum absolute atomic E-state index is 11.8. The number of carbonyl (C=O) groups excluding carboxylic acids is 1. The summed E-state index contributed by atoms with van der Waals surface area (Å²) in [6, 6.07) is 10.4. The van der Waals surface area contributed by atoms with Gasteiger partial charge in [-0.1, -0.05) is 29.3 Å². The van der Waals surface area contributed by atoms with Crippen molar-refractivity contribution in [1.82, 2.24) is 19.6 Å². The molecule has 4 aromatic rings. The van der Waals surface area contributed by atoms with Crippen LogP contribution in [0.3, 0.4) is 0 Å². The first-order chi connectivity index (χ1) is 12.6. The van der Waals surface area contributed by atoms with Crippen LogP contribution in [0.4, 0.5) is 11.6 Å². The molecule has 0 spiro atoms. The number of aromatic nitrogens is 4. The molecular weight excluding hydrogens is 377 g/mol. The van der Waals surface area contributed by atoms with Crippen molar-refractivity contribution < 1.29 is 9.53 Å². The largest absolute Gasteiger partial charge is 0.462 e. The van der Waals surface area contributed by atoms with E-state index in [-0.39, 0.29) is 5.97 Å². The summed E-state index contributed by atoms with van der Waals surface area (Å²) in [6.07, 6.45) is 0. The van der Waals surface area contributed by atoms with Crippen LogP contribution in [0, 0.1) is 0 Å². The van der Waals surface area contributed by atoms with Gasteiger partial charge in [0.2, 0.25) is 5.95 Å². The average Bonchev–Trinajstić information content (AvgIpc) is 3.15. The molecule has 0 atom stereocenters. The van der Waals surface area contributed by atoms with Gasteiger partial charge in [-0.25, -0.2) is 14.3 Å². The van der Waals surface area contributed by atoms with Crippen molar-refractivity contribution in [2.24, 2.45) is 0 Å². The van der Waals surface area contributed by atoms with Crippen molar-refractivity contribution in [2.45, 2.75) is 6.92 Å². The molecule has 0 saturated carbocycles. The molecule has 0 fully saturated rings. The average molecular weight is 390 g/mol. The van der Waals surface area contributed by atoms with Crippen LogP contribution >= 0.6 is 23.2 Å². The summed E-state index contributed by atoms with van der Waals surface area (Å²) < 4.78 is 6.72. The van der Waals surface area contributed by atoms with Crippen LogP contribution in [0.5, 0.6) is 0 Å². The molecule has 0 unspecified atom stereocenters. The zero-order valence-electron chi connectivity index (χ0n) is 13.6. The van der Waals surface area contributed by atoms with Crippen LogP contribution in [0.15, 0.2) is 36.4 Å². The van der Waals surface area contributed by atoms with Crippen LogP contribution < -0.4 is 5.32 Å². The van der Waals surface area contributed by atoms with Gasteiger partial charge in [0, 0.05) is 0 Å². The number of imidazole rings is 1. The van der Waals surface area contributed by atoms with E-state index < -0.39 is 0 Å². The molecule has 4 rings (SSSR count). The number of halogens is 2. The van der Waals surface area contributed by atoms with E-state index in [1.165, 1.54) is 0 Å². The monoisotopic (exact) mass is 389 g/mol. The number of fused-ring (bicyclic) bond motifs is 3. The lowest BCUT2D eigenvalue weighted by Gasteiger charge is -2.05. The highest BCUT2D eigenvalue weighted by Crippen LogP contribution is 2.31. The molecule has 2 heterocycles. The summed E-state index contributed by atoms with van der Waals surface area (Å²) in [7, 11) is 0. The topological polar surface area (TPSA) is 84.3 Å². The fourth-order valence-corrected chi connectivity index (χ4v) is 2.96. The van der Waals surface area contributed by atoms with E-state index in [1.807, 2.05) is 0 Å². The summed E-state index contributed by atoms with van der Waals surface area (Å²) in [4.78, 5) is 20.7. The fourth-order valence-electron chi connectivity index (χ4n) is 2.61. The molecule has 26 heavy (non-hydrogen) atoms. The molecule has 2 N–H and O–H groups in total. The fraction of sp³-hybridized carbons (Fsp3) is 0.118. The smallest absolute Gasteiger partial charge is 0.338 e. The molecule has 2 aromatic heterocycles. The van der Waals surface area contributed by atoms with Gasteiger partial charge in [-0.15, -0.1) is 0 Å². The molecular formula is C17H13Cl2N5O2. The van der Waals surface area contributed by atoms with Crippen LogP contribution in [-0.2, 0) is 4.74 Å². The number of hydrogen-bond donors (Lipinski definition) is 2. The van der Waals surface area contributed by atoms with Gasteiger partial charge in [-0.05, 0) is 37.3 Å². The number of nitrogens with zero attached hydrogens (tertiary/aromatic N) is 3. The van der Waals surface area contributed by atoms with E-state index in [1.54, 1.807) is 47.8 Å². The first kappa shape index (κ1) is 16.7. The van der Waals surface area contributed by atoms with Crippen molar-refractivity contribution >= 4 is 57.6 Å². The molecule has 132 valence electrons. The molecule has 2 aromatic carbocycles. The minimum Gasteiger partial charge on any atom is -0.462 e. The molecule has 9 heteroatoms. The Morgan fingerprint density at radius 1 is 1.27 bits per heavy atom. The number of carbonyl (C=O) groups is 1. The van der Waals surface area contributed by atoms with Gasteiger partial charge in [-0.2, -0.15) is 4.98 Å². The van der Waals surface area contributed by atoms with Crippen LogP contribution in [0.25, 0.3) is 16.8 Å². The van der Waals surface area contributed by atoms with Gasteiger partial charge in [0.05, 0.1) is 38.9 Å². The molecule has 7 nitrogen and oxygen atoms in total. The van der Waals surface area contributed by atoms with Gasteiger partial charge in [0.25, 0.3) is 5.78 Å². The van der Waals surface area contributed by atoms with E-state index in [9.17, 15) is 4.79 Å². The number of nitrogens with one attached hydrogen (secondary N) is 2. The third kappa shape index (κ3) is 2.85. The summed E-state index contributed by atoms with van der Waals surface area (Å²) in [5.74, 6) is 0.548. The minimum absolute atomic E-state index is 0.323. The first-order valence-corrected chi connectivity index (χ1v) is 8.59. The predicted molar refractivity (Wildman–Crippen MR) is 101 cm³/mol. The Kier molecular flexibility index (Phi) is 4.18. The summed E-state index contributed by atoms with van der Waals surface area (Å²) in [6.45, 7) is 2.09. The van der Waals surface area contributed by atoms with E-state index >= 15 is 0 Å². The molecule has 0 amide bonds. The zero-order chi connectivity index (χ0) is 18.3. The summed E-state index contributed by atoms with van der Waals surface area (Å²) in [5.41, 5.74) is 2.50. The maximum atomic E-state index is 11.8. The molecule has 0 aliphatic heterocycles. The third-order valence-electron chi connectivity index (χ3n) is 3.78. The van der Waals surface area contributed by atoms with E-state index in [0.717, 1.165) is 5.52 Å². The lowest BCUT2D eigenvalue weighted by atomic mass is 10.2. The van der Waals surface area contributed by atoms with Gasteiger partial charge in [0.15, 0.2) is 0 Å². The lowest BCUT2D eigenvalue weighted by Crippen LogP contribution is -2.04. The van der Waals surface area contributed by atoms with E-state index in [4.69, 9.17) is 27.9 Å². The van der Waals surface area contributed by atoms with Crippen molar-refractivity contribution in [3.8, 4) is 0 Å². The Hall–Kier alpha value is -2.77. The molecule has 0 radical (unpaired) electrons. The van der Waals surface area contributed by atoms with Gasteiger partial charge in [0.1, 0.15) is 0 Å². The molecule has 0 bridgehead atoms. The highest BCUT2D eigenvalue weighted by atomic mass is 35.5. The van der Waals surface area contributed by atoms with Crippen molar-refractivity contribution in [2.75, 3.05) is 11.9 Å². The first-order valence-electron chi connectivity index (χ1n) is 7.83. The summed E-state index contributed by atoms with van der Waals surface area (Å²) >= 11 is 12.2. The second-order valence-electron chi connectivity index (χ2n) is 5.47. The lowest BCUT2D eigenvalue weighted by molar-refractivity contribution is 0.0526. The number of rotatable bonds is 4. The zero-order valence-corrected chi connectivity index (χ0v) is 15.1. The highest BCUT2D eigenvalue weighted by Gasteiger charge is 2.14. The van der Waals surface area contributed by atoms with Crippen molar-refractivity contribution in [3.05, 3.63) is 52.0 Å². The SMILES string of the molecule is CCOC(=O)c1ccc2c(c1)nc1nc(Nc3cccc(Cl)c3Cl)[nH]n12. The Bertz CT molecular complexity index is 1140. The Labute approximate surface area is 157 Å². The molecule has 0 aliphatic rings. The Balaban J connectivity index is 1.70. The molecule has 0 aliphatic carbocycles. The third-order valence-corrected chi connectivity index (χ3v) is 4.60. The van der Waals surface area contributed by atoms with Crippen LogP contribution in [-0.4, -0.2) is 32.2 Å². The number of benzene rings is 2. The quantitative estimate of drug-likeness (QED) is 0.504. The maximum Gasteiger partial charge on any atom is 0.338 e. The Morgan fingerprint density at radius 3 is 2.92 bits per heavy atom. The standard InChI is InChI=1S/C17H13Cl2N5O2/c1-2-26-15(25)9-6-7-13-12(8-9)21-17-22-16(23-24(13)17)20-11-5-3-4-10(18)14(11)19/h3-8H,2H2,1H3,(H2,20,21,22,23). The summed E-state index contributed by atoms with van der Waals surface area (Å²) in [5, 5.41) is 7.04.